The smallest absolute Gasteiger partial charge is 0.0468 e. The summed E-state index contributed by atoms with van der Waals surface area (Å²) in [6.07, 6.45) is 4.37. The lowest BCUT2D eigenvalue weighted by atomic mass is 10.1. The van der Waals surface area contributed by atoms with Crippen molar-refractivity contribution >= 4 is 67.8 Å². The first-order valence-corrected chi connectivity index (χ1v) is 16.8. The van der Waals surface area contributed by atoms with Gasteiger partial charge in [-0.1, -0.05) is 133 Å². The molecule has 0 N–H and O–H groups in total. The van der Waals surface area contributed by atoms with E-state index in [9.17, 15) is 0 Å². The van der Waals surface area contributed by atoms with E-state index in [-0.39, 0.29) is 0 Å². The molecule has 0 saturated carbocycles. The van der Waals surface area contributed by atoms with Gasteiger partial charge in [-0.3, -0.25) is 0 Å². The normalized spacial score (nSPS) is 11.3. The third kappa shape index (κ3) is 6.45. The van der Waals surface area contributed by atoms with E-state index in [0.29, 0.717) is 0 Å². The molecular formula is C47H36N2. The first kappa shape index (κ1) is 30.0. The molecule has 0 saturated heterocycles. The molecule has 2 heteroatoms. The van der Waals surface area contributed by atoms with Gasteiger partial charge in [-0.2, -0.15) is 0 Å². The number of hydrogen-bond donors (Lipinski definition) is 0. The second kappa shape index (κ2) is 13.4. The van der Waals surface area contributed by atoms with E-state index in [1.165, 1.54) is 27.1 Å². The molecule has 0 heterocycles. The number of anilines is 6. The van der Waals surface area contributed by atoms with E-state index in [0.717, 1.165) is 45.3 Å². The molecule has 0 fully saturated rings. The molecule has 8 aromatic rings. The second-order valence-corrected chi connectivity index (χ2v) is 12.4. The molecule has 0 aliphatic heterocycles. The third-order valence-corrected chi connectivity index (χ3v) is 9.06. The van der Waals surface area contributed by atoms with Crippen molar-refractivity contribution in [3.63, 3.8) is 0 Å². The van der Waals surface area contributed by atoms with Gasteiger partial charge in [0.15, 0.2) is 0 Å². The fourth-order valence-electron chi connectivity index (χ4n) is 6.46. The van der Waals surface area contributed by atoms with Gasteiger partial charge in [0, 0.05) is 34.1 Å². The van der Waals surface area contributed by atoms with Crippen molar-refractivity contribution in [3.05, 3.63) is 205 Å². The van der Waals surface area contributed by atoms with Crippen molar-refractivity contribution in [2.45, 2.75) is 6.92 Å². The Bertz CT molecular complexity index is 2290. The standard InChI is InChI=1S/C47H36N2/c1-35-15-25-43(26-16-35)48(42-13-3-2-4-14-42)44-27-19-36(20-28-44)17-18-37-21-29-45(30-22-37)49(46-31-23-38-9-5-7-11-40(38)33-46)47-32-24-39-10-6-8-12-41(39)34-47/h2-34H,1H3. The zero-order valence-corrected chi connectivity index (χ0v) is 27.4. The van der Waals surface area contributed by atoms with Gasteiger partial charge in [-0.25, -0.2) is 0 Å². The summed E-state index contributed by atoms with van der Waals surface area (Å²) in [5.41, 5.74) is 10.3. The second-order valence-electron chi connectivity index (χ2n) is 12.4. The van der Waals surface area contributed by atoms with Crippen LogP contribution in [-0.2, 0) is 0 Å². The Morgan fingerprint density at radius 2 is 0.653 bits per heavy atom. The number of aryl methyl sites for hydroxylation is 1. The molecule has 8 rings (SSSR count). The maximum atomic E-state index is 2.34. The van der Waals surface area contributed by atoms with Crippen LogP contribution < -0.4 is 9.80 Å². The SMILES string of the molecule is Cc1ccc(N(c2ccccc2)c2ccc(C=Cc3ccc(N(c4ccc5ccccc5c4)c4ccc5ccccc5c4)cc3)cc2)cc1. The van der Waals surface area contributed by atoms with Gasteiger partial charge in [-0.05, 0) is 112 Å². The van der Waals surface area contributed by atoms with Crippen LogP contribution >= 0.6 is 0 Å². The largest absolute Gasteiger partial charge is 0.311 e. The molecule has 0 aliphatic rings. The van der Waals surface area contributed by atoms with Gasteiger partial charge in [0.1, 0.15) is 0 Å². The molecule has 8 aromatic carbocycles. The average Bonchev–Trinajstić information content (AvgIpc) is 3.16. The van der Waals surface area contributed by atoms with Crippen molar-refractivity contribution in [3.8, 4) is 0 Å². The van der Waals surface area contributed by atoms with Crippen LogP contribution in [-0.4, -0.2) is 0 Å². The molecule has 234 valence electrons. The highest BCUT2D eigenvalue weighted by Gasteiger charge is 2.14. The Morgan fingerprint density at radius 3 is 1.12 bits per heavy atom. The van der Waals surface area contributed by atoms with Crippen molar-refractivity contribution in [2.24, 2.45) is 0 Å². The number of benzene rings is 8. The van der Waals surface area contributed by atoms with Gasteiger partial charge in [0.2, 0.25) is 0 Å². The summed E-state index contributed by atoms with van der Waals surface area (Å²) in [6, 6.07) is 67.3. The minimum atomic E-state index is 1.11. The minimum absolute atomic E-state index is 1.11. The van der Waals surface area contributed by atoms with Crippen LogP contribution in [0.3, 0.4) is 0 Å². The summed E-state index contributed by atoms with van der Waals surface area (Å²) in [5, 5.41) is 4.92. The first-order valence-electron chi connectivity index (χ1n) is 16.8. The third-order valence-electron chi connectivity index (χ3n) is 9.06. The Kier molecular flexibility index (Phi) is 8.19. The molecular weight excluding hydrogens is 593 g/mol. The maximum absolute atomic E-state index is 2.34. The minimum Gasteiger partial charge on any atom is -0.311 e. The molecule has 0 radical (unpaired) electrons. The topological polar surface area (TPSA) is 6.48 Å². The molecule has 0 bridgehead atoms. The van der Waals surface area contributed by atoms with E-state index >= 15 is 0 Å². The monoisotopic (exact) mass is 628 g/mol. The molecule has 0 aliphatic carbocycles. The van der Waals surface area contributed by atoms with Crippen LogP contribution in [0, 0.1) is 6.92 Å². The quantitative estimate of drug-likeness (QED) is 0.155. The molecule has 2 nitrogen and oxygen atoms in total. The van der Waals surface area contributed by atoms with Gasteiger partial charge >= 0.3 is 0 Å². The number of nitrogens with zero attached hydrogens (tertiary/aromatic N) is 2. The summed E-state index contributed by atoms with van der Waals surface area (Å²) in [6.45, 7) is 2.12. The molecule has 0 aromatic heterocycles. The van der Waals surface area contributed by atoms with Gasteiger partial charge < -0.3 is 9.80 Å². The Morgan fingerprint density at radius 1 is 0.306 bits per heavy atom. The van der Waals surface area contributed by atoms with E-state index in [1.807, 2.05) is 0 Å². The van der Waals surface area contributed by atoms with Crippen LogP contribution in [0.2, 0.25) is 0 Å². The van der Waals surface area contributed by atoms with Gasteiger partial charge in [0.05, 0.1) is 0 Å². The Labute approximate surface area is 288 Å². The van der Waals surface area contributed by atoms with Crippen LogP contribution in [0.25, 0.3) is 33.7 Å². The Balaban J connectivity index is 1.08. The predicted molar refractivity (Wildman–Crippen MR) is 211 cm³/mol. The summed E-state index contributed by atoms with van der Waals surface area (Å²) in [5.74, 6) is 0. The van der Waals surface area contributed by atoms with E-state index in [2.05, 4.69) is 217 Å². The summed E-state index contributed by atoms with van der Waals surface area (Å²) in [4.78, 5) is 4.64. The highest BCUT2D eigenvalue weighted by molar-refractivity contribution is 5.92. The number of rotatable bonds is 8. The van der Waals surface area contributed by atoms with Gasteiger partial charge in [0.25, 0.3) is 0 Å². The molecule has 0 amide bonds. The van der Waals surface area contributed by atoms with E-state index in [1.54, 1.807) is 0 Å². The van der Waals surface area contributed by atoms with Crippen LogP contribution in [0.1, 0.15) is 16.7 Å². The fourth-order valence-corrected chi connectivity index (χ4v) is 6.46. The number of para-hydroxylation sites is 1. The van der Waals surface area contributed by atoms with Crippen LogP contribution in [0.5, 0.6) is 0 Å². The first-order chi connectivity index (χ1) is 24.2. The lowest BCUT2D eigenvalue weighted by Gasteiger charge is -2.26. The van der Waals surface area contributed by atoms with Crippen LogP contribution in [0.4, 0.5) is 34.1 Å². The lowest BCUT2D eigenvalue weighted by molar-refractivity contribution is 1.27. The maximum Gasteiger partial charge on any atom is 0.0468 e. The zero-order chi connectivity index (χ0) is 33.0. The highest BCUT2D eigenvalue weighted by atomic mass is 15.1. The van der Waals surface area contributed by atoms with E-state index < -0.39 is 0 Å². The highest BCUT2D eigenvalue weighted by Crippen LogP contribution is 2.38. The van der Waals surface area contributed by atoms with Crippen molar-refractivity contribution in [1.29, 1.82) is 0 Å². The Hall–Kier alpha value is -6.38. The fraction of sp³-hybridized carbons (Fsp3) is 0.0213. The lowest BCUT2D eigenvalue weighted by Crippen LogP contribution is -2.09. The average molecular weight is 629 g/mol. The van der Waals surface area contributed by atoms with Crippen molar-refractivity contribution in [1.82, 2.24) is 0 Å². The molecule has 0 unspecified atom stereocenters. The van der Waals surface area contributed by atoms with Crippen molar-refractivity contribution < 1.29 is 0 Å². The molecule has 0 spiro atoms. The zero-order valence-electron chi connectivity index (χ0n) is 27.4. The van der Waals surface area contributed by atoms with Crippen molar-refractivity contribution in [2.75, 3.05) is 9.80 Å². The summed E-state index contributed by atoms with van der Waals surface area (Å²) < 4.78 is 0. The number of hydrogen-bond acceptors (Lipinski definition) is 2. The summed E-state index contributed by atoms with van der Waals surface area (Å²) >= 11 is 0. The molecule has 0 atom stereocenters. The molecule has 49 heavy (non-hydrogen) atoms. The number of fused-ring (bicyclic) bond motifs is 2. The predicted octanol–water partition coefficient (Wildman–Crippen LogP) is 13.4. The van der Waals surface area contributed by atoms with E-state index in [4.69, 9.17) is 0 Å². The summed E-state index contributed by atoms with van der Waals surface area (Å²) in [7, 11) is 0. The van der Waals surface area contributed by atoms with Crippen LogP contribution in [0.15, 0.2) is 188 Å². The van der Waals surface area contributed by atoms with Gasteiger partial charge in [-0.15, -0.1) is 0 Å².